The number of nitrogens with zero attached hydrogens (tertiary/aromatic N) is 3. The van der Waals surface area contributed by atoms with Crippen molar-refractivity contribution >= 4 is 22.6 Å². The zero-order valence-electron chi connectivity index (χ0n) is 16.2. The first-order chi connectivity index (χ1) is 14.7. The Morgan fingerprint density at radius 1 is 1.07 bits per heavy atom. The Hall–Kier alpha value is -4.07. The molecular weight excluding hydrogens is 384 g/mol. The zero-order valence-corrected chi connectivity index (χ0v) is 16.2. The van der Waals surface area contributed by atoms with E-state index in [1.807, 2.05) is 30.3 Å². The van der Waals surface area contributed by atoms with Crippen LogP contribution in [0.5, 0.6) is 17.2 Å². The summed E-state index contributed by atoms with van der Waals surface area (Å²) < 4.78 is 17.6. The van der Waals surface area contributed by atoms with E-state index in [1.54, 1.807) is 42.1 Å². The maximum atomic E-state index is 12.7. The third-order valence-corrected chi connectivity index (χ3v) is 4.90. The Balaban J connectivity index is 1.34. The van der Waals surface area contributed by atoms with Gasteiger partial charge in [-0.25, -0.2) is 4.68 Å². The topological polar surface area (TPSA) is 87.5 Å². The molecule has 0 bridgehead atoms. The van der Waals surface area contributed by atoms with Gasteiger partial charge in [0.1, 0.15) is 11.3 Å². The van der Waals surface area contributed by atoms with E-state index < -0.39 is 0 Å². The molecule has 1 N–H and O–H groups in total. The number of benzene rings is 3. The van der Waals surface area contributed by atoms with E-state index in [2.05, 4.69) is 15.6 Å². The molecule has 1 aliphatic rings. The maximum Gasteiger partial charge on any atom is 0.255 e. The zero-order chi connectivity index (χ0) is 20.5. The highest BCUT2D eigenvalue weighted by Crippen LogP contribution is 2.34. The van der Waals surface area contributed by atoms with Crippen LogP contribution in [-0.2, 0) is 6.54 Å². The minimum atomic E-state index is -0.236. The van der Waals surface area contributed by atoms with Gasteiger partial charge in [-0.05, 0) is 48.0 Å². The van der Waals surface area contributed by atoms with Gasteiger partial charge in [-0.2, -0.15) is 0 Å². The molecule has 1 amide bonds. The van der Waals surface area contributed by atoms with E-state index in [9.17, 15) is 4.79 Å². The molecule has 0 fully saturated rings. The monoisotopic (exact) mass is 402 g/mol. The van der Waals surface area contributed by atoms with Crippen molar-refractivity contribution in [3.63, 3.8) is 0 Å². The number of rotatable bonds is 5. The van der Waals surface area contributed by atoms with Crippen molar-refractivity contribution in [3.8, 4) is 17.2 Å². The molecule has 0 saturated heterocycles. The number of fused-ring (bicyclic) bond motifs is 2. The Kier molecular flexibility index (Phi) is 4.44. The quantitative estimate of drug-likeness (QED) is 0.550. The first-order valence-corrected chi connectivity index (χ1v) is 9.37. The number of methoxy groups -OCH3 is 1. The summed E-state index contributed by atoms with van der Waals surface area (Å²) >= 11 is 0. The second-order valence-electron chi connectivity index (χ2n) is 6.82. The minimum Gasteiger partial charge on any atom is -0.497 e. The van der Waals surface area contributed by atoms with Crippen LogP contribution in [0.1, 0.15) is 15.9 Å². The van der Waals surface area contributed by atoms with Gasteiger partial charge in [0.05, 0.1) is 19.2 Å². The number of hydrogen-bond donors (Lipinski definition) is 1. The number of nitrogens with one attached hydrogen (secondary N) is 1. The van der Waals surface area contributed by atoms with Crippen LogP contribution in [0.4, 0.5) is 5.69 Å². The van der Waals surface area contributed by atoms with Gasteiger partial charge < -0.3 is 19.5 Å². The number of aromatic nitrogens is 3. The summed E-state index contributed by atoms with van der Waals surface area (Å²) in [7, 11) is 1.64. The molecule has 3 aromatic carbocycles. The maximum absolute atomic E-state index is 12.7. The van der Waals surface area contributed by atoms with Gasteiger partial charge in [0.15, 0.2) is 11.5 Å². The highest BCUT2D eigenvalue weighted by molar-refractivity contribution is 6.06. The highest BCUT2D eigenvalue weighted by atomic mass is 16.7. The van der Waals surface area contributed by atoms with Crippen LogP contribution in [0.2, 0.25) is 0 Å². The fraction of sp³-hybridized carbons (Fsp3) is 0.136. The normalized spacial score (nSPS) is 12.2. The summed E-state index contributed by atoms with van der Waals surface area (Å²) in [6.07, 6.45) is 0. The third kappa shape index (κ3) is 3.39. The molecule has 4 aromatic rings. The SMILES string of the molecule is COc1ccc(Cn2nnc3cc(C(=O)Nc4ccc5c(c4)OCO5)ccc32)cc1. The average Bonchev–Trinajstić information content (AvgIpc) is 3.40. The van der Waals surface area contributed by atoms with E-state index in [0.29, 0.717) is 34.8 Å². The first kappa shape index (κ1) is 18.0. The molecule has 5 rings (SSSR count). The molecule has 8 nitrogen and oxygen atoms in total. The van der Waals surface area contributed by atoms with Gasteiger partial charge in [-0.15, -0.1) is 5.10 Å². The number of amides is 1. The fourth-order valence-electron chi connectivity index (χ4n) is 3.31. The van der Waals surface area contributed by atoms with Crippen molar-refractivity contribution < 1.29 is 19.0 Å². The van der Waals surface area contributed by atoms with E-state index in [-0.39, 0.29) is 12.7 Å². The van der Waals surface area contributed by atoms with Crippen LogP contribution in [0, 0.1) is 0 Å². The molecule has 0 spiro atoms. The third-order valence-electron chi connectivity index (χ3n) is 4.90. The van der Waals surface area contributed by atoms with Crippen molar-refractivity contribution in [2.45, 2.75) is 6.54 Å². The standard InChI is InChI=1S/C22H18N4O4/c1-28-17-6-2-14(3-7-17)12-26-19-8-4-15(10-18(19)24-25-26)22(27)23-16-5-9-20-21(11-16)30-13-29-20/h2-11H,12-13H2,1H3,(H,23,27). The molecule has 8 heteroatoms. The van der Waals surface area contributed by atoms with Crippen LogP contribution in [-0.4, -0.2) is 34.8 Å². The van der Waals surface area contributed by atoms with Gasteiger partial charge in [-0.3, -0.25) is 4.79 Å². The second-order valence-corrected chi connectivity index (χ2v) is 6.82. The van der Waals surface area contributed by atoms with E-state index >= 15 is 0 Å². The van der Waals surface area contributed by atoms with Crippen LogP contribution in [0.15, 0.2) is 60.7 Å². The summed E-state index contributed by atoms with van der Waals surface area (Å²) in [6, 6.07) is 18.4. The van der Waals surface area contributed by atoms with Gasteiger partial charge in [0, 0.05) is 17.3 Å². The number of anilines is 1. The first-order valence-electron chi connectivity index (χ1n) is 9.37. The molecule has 0 atom stereocenters. The van der Waals surface area contributed by atoms with Crippen molar-refractivity contribution in [1.82, 2.24) is 15.0 Å². The molecular formula is C22H18N4O4. The van der Waals surface area contributed by atoms with E-state index in [1.165, 1.54) is 0 Å². The number of hydrogen-bond acceptors (Lipinski definition) is 6. The van der Waals surface area contributed by atoms with Crippen molar-refractivity contribution in [3.05, 3.63) is 71.8 Å². The number of carbonyl (C=O) groups excluding carboxylic acids is 1. The average molecular weight is 402 g/mol. The van der Waals surface area contributed by atoms with Gasteiger partial charge in [0.25, 0.3) is 5.91 Å². The predicted molar refractivity (Wildman–Crippen MR) is 110 cm³/mol. The summed E-state index contributed by atoms with van der Waals surface area (Å²) in [6.45, 7) is 0.763. The summed E-state index contributed by atoms with van der Waals surface area (Å²) in [4.78, 5) is 12.7. The molecule has 30 heavy (non-hydrogen) atoms. The van der Waals surface area contributed by atoms with Gasteiger partial charge >= 0.3 is 0 Å². The minimum absolute atomic E-state index is 0.190. The highest BCUT2D eigenvalue weighted by Gasteiger charge is 2.15. The lowest BCUT2D eigenvalue weighted by atomic mass is 10.1. The van der Waals surface area contributed by atoms with Gasteiger partial charge in [0.2, 0.25) is 6.79 Å². The van der Waals surface area contributed by atoms with Crippen molar-refractivity contribution in [2.24, 2.45) is 0 Å². The Morgan fingerprint density at radius 3 is 2.73 bits per heavy atom. The Labute approximate surface area is 172 Å². The summed E-state index contributed by atoms with van der Waals surface area (Å²) in [5.74, 6) is 1.86. The van der Waals surface area contributed by atoms with Crippen LogP contribution in [0.25, 0.3) is 11.0 Å². The molecule has 0 aliphatic carbocycles. The number of ether oxygens (including phenoxy) is 3. The molecule has 1 aliphatic heterocycles. The van der Waals surface area contributed by atoms with Crippen LogP contribution >= 0.6 is 0 Å². The molecule has 0 saturated carbocycles. The van der Waals surface area contributed by atoms with Crippen molar-refractivity contribution in [2.75, 3.05) is 19.2 Å². The summed E-state index contributed by atoms with van der Waals surface area (Å²) in [5.41, 5.74) is 3.71. The van der Waals surface area contributed by atoms with E-state index in [0.717, 1.165) is 16.8 Å². The molecule has 0 unspecified atom stereocenters. The predicted octanol–water partition coefficient (Wildman–Crippen LogP) is 3.47. The van der Waals surface area contributed by atoms with Crippen LogP contribution in [0.3, 0.4) is 0 Å². The second kappa shape index (κ2) is 7.40. The largest absolute Gasteiger partial charge is 0.497 e. The van der Waals surface area contributed by atoms with Crippen molar-refractivity contribution in [1.29, 1.82) is 0 Å². The smallest absolute Gasteiger partial charge is 0.255 e. The molecule has 1 aromatic heterocycles. The summed E-state index contributed by atoms with van der Waals surface area (Å²) in [5, 5.41) is 11.3. The lowest BCUT2D eigenvalue weighted by molar-refractivity contribution is 0.102. The fourth-order valence-corrected chi connectivity index (χ4v) is 3.31. The Morgan fingerprint density at radius 2 is 1.90 bits per heavy atom. The molecule has 0 radical (unpaired) electrons. The number of carbonyl (C=O) groups is 1. The Bertz CT molecular complexity index is 1230. The molecule has 150 valence electrons. The van der Waals surface area contributed by atoms with Crippen LogP contribution < -0.4 is 19.5 Å². The lowest BCUT2D eigenvalue weighted by Gasteiger charge is -2.07. The lowest BCUT2D eigenvalue weighted by Crippen LogP contribution is -2.11. The van der Waals surface area contributed by atoms with Gasteiger partial charge in [-0.1, -0.05) is 17.3 Å². The molecule has 2 heterocycles. The van der Waals surface area contributed by atoms with E-state index in [4.69, 9.17) is 14.2 Å².